The molecule has 0 saturated heterocycles. The van der Waals surface area contributed by atoms with E-state index in [2.05, 4.69) is 55.2 Å². The Morgan fingerprint density at radius 3 is 1.96 bits per heavy atom. The van der Waals surface area contributed by atoms with Crippen LogP contribution >= 0.6 is 0 Å². The topological polar surface area (TPSA) is 9.23 Å². The van der Waals surface area contributed by atoms with Crippen molar-refractivity contribution in [2.24, 2.45) is 0 Å². The zero-order valence-electron chi connectivity index (χ0n) is 14.0. The van der Waals surface area contributed by atoms with Gasteiger partial charge >= 0.3 is 0 Å². The Balaban J connectivity index is 1.90. The second-order valence-corrected chi connectivity index (χ2v) is 5.47. The van der Waals surface area contributed by atoms with E-state index in [1.165, 1.54) is 18.4 Å². The van der Waals surface area contributed by atoms with Gasteiger partial charge in [0.1, 0.15) is 5.75 Å². The minimum Gasteiger partial charge on any atom is -0.497 e. The smallest absolute Gasteiger partial charge is 0.118 e. The van der Waals surface area contributed by atoms with Gasteiger partial charge in [-0.15, -0.1) is 0 Å². The highest BCUT2D eigenvalue weighted by Gasteiger charge is 1.93. The van der Waals surface area contributed by atoms with Crippen molar-refractivity contribution in [2.75, 3.05) is 7.11 Å². The van der Waals surface area contributed by atoms with Crippen LogP contribution in [0, 0.1) is 11.8 Å². The normalized spacial score (nSPS) is 10.3. The third-order valence-corrected chi connectivity index (χ3v) is 3.62. The van der Waals surface area contributed by atoms with Gasteiger partial charge in [0.2, 0.25) is 0 Å². The van der Waals surface area contributed by atoms with Crippen molar-refractivity contribution in [3.63, 3.8) is 0 Å². The van der Waals surface area contributed by atoms with Crippen molar-refractivity contribution < 1.29 is 4.74 Å². The van der Waals surface area contributed by atoms with Crippen LogP contribution in [0.15, 0.2) is 60.7 Å². The van der Waals surface area contributed by atoms with Crippen LogP contribution in [0.5, 0.6) is 5.75 Å². The van der Waals surface area contributed by atoms with Gasteiger partial charge in [0, 0.05) is 11.1 Å². The number of methoxy groups -OCH3 is 1. The van der Waals surface area contributed by atoms with Crippen molar-refractivity contribution in [2.45, 2.75) is 32.6 Å². The zero-order chi connectivity index (χ0) is 16.3. The molecule has 1 heteroatoms. The highest BCUT2D eigenvalue weighted by molar-refractivity contribution is 5.44. The van der Waals surface area contributed by atoms with E-state index in [-0.39, 0.29) is 0 Å². The SMILES string of the molecule is CCCC=CCCc1ccc(C#Cc2ccc(OC)cc2)cc1. The van der Waals surface area contributed by atoms with Crippen molar-refractivity contribution in [1.82, 2.24) is 0 Å². The summed E-state index contributed by atoms with van der Waals surface area (Å²) in [7, 11) is 1.67. The first-order valence-corrected chi connectivity index (χ1v) is 8.22. The van der Waals surface area contributed by atoms with Gasteiger partial charge in [-0.3, -0.25) is 0 Å². The molecule has 1 nitrogen and oxygen atoms in total. The van der Waals surface area contributed by atoms with Crippen molar-refractivity contribution in [3.8, 4) is 17.6 Å². The molecule has 2 aromatic rings. The second-order valence-electron chi connectivity index (χ2n) is 5.47. The molecule has 0 N–H and O–H groups in total. The number of hydrogen-bond donors (Lipinski definition) is 0. The first kappa shape index (κ1) is 16.9. The van der Waals surface area contributed by atoms with Crippen LogP contribution in [0.3, 0.4) is 0 Å². The molecular formula is C22H24O. The summed E-state index contributed by atoms with van der Waals surface area (Å²) in [6.45, 7) is 2.20. The fourth-order valence-electron chi connectivity index (χ4n) is 2.23. The molecule has 118 valence electrons. The number of benzene rings is 2. The van der Waals surface area contributed by atoms with Crippen LogP contribution in [0.2, 0.25) is 0 Å². The Kier molecular flexibility index (Phi) is 7.01. The van der Waals surface area contributed by atoms with Gasteiger partial charge in [-0.05, 0) is 61.2 Å². The highest BCUT2D eigenvalue weighted by atomic mass is 16.5. The predicted octanol–water partition coefficient (Wildman–Crippen LogP) is 5.38. The molecule has 0 bridgehead atoms. The maximum atomic E-state index is 5.15. The van der Waals surface area contributed by atoms with Crippen LogP contribution in [-0.4, -0.2) is 7.11 Å². The lowest BCUT2D eigenvalue weighted by Crippen LogP contribution is -1.84. The van der Waals surface area contributed by atoms with E-state index < -0.39 is 0 Å². The second kappa shape index (κ2) is 9.54. The zero-order valence-corrected chi connectivity index (χ0v) is 14.0. The van der Waals surface area contributed by atoms with E-state index in [1.54, 1.807) is 7.11 Å². The van der Waals surface area contributed by atoms with Gasteiger partial charge in [0.15, 0.2) is 0 Å². The summed E-state index contributed by atoms with van der Waals surface area (Å²) in [4.78, 5) is 0. The Bertz CT molecular complexity index is 667. The lowest BCUT2D eigenvalue weighted by Gasteiger charge is -1.99. The van der Waals surface area contributed by atoms with Crippen LogP contribution in [-0.2, 0) is 6.42 Å². The summed E-state index contributed by atoms with van der Waals surface area (Å²) < 4.78 is 5.15. The van der Waals surface area contributed by atoms with E-state index in [9.17, 15) is 0 Å². The van der Waals surface area contributed by atoms with Gasteiger partial charge < -0.3 is 4.74 Å². The summed E-state index contributed by atoms with van der Waals surface area (Å²) in [5.41, 5.74) is 3.41. The van der Waals surface area contributed by atoms with Crippen molar-refractivity contribution in [3.05, 3.63) is 77.4 Å². The first-order chi connectivity index (χ1) is 11.3. The maximum Gasteiger partial charge on any atom is 0.118 e. The van der Waals surface area contributed by atoms with E-state index in [4.69, 9.17) is 4.74 Å². The number of hydrogen-bond acceptors (Lipinski definition) is 1. The molecule has 0 aliphatic carbocycles. The van der Waals surface area contributed by atoms with E-state index in [0.717, 1.165) is 29.7 Å². The average Bonchev–Trinajstić information content (AvgIpc) is 2.61. The molecular weight excluding hydrogens is 280 g/mol. The molecule has 0 fully saturated rings. The maximum absolute atomic E-state index is 5.15. The van der Waals surface area contributed by atoms with E-state index >= 15 is 0 Å². The summed E-state index contributed by atoms with van der Waals surface area (Å²) in [6, 6.07) is 16.4. The van der Waals surface area contributed by atoms with E-state index in [1.807, 2.05) is 24.3 Å². The molecule has 0 saturated carbocycles. The van der Waals surface area contributed by atoms with Crippen molar-refractivity contribution in [1.29, 1.82) is 0 Å². The van der Waals surface area contributed by atoms with Gasteiger partial charge in [-0.2, -0.15) is 0 Å². The van der Waals surface area contributed by atoms with Gasteiger partial charge in [-0.25, -0.2) is 0 Å². The lowest BCUT2D eigenvalue weighted by molar-refractivity contribution is 0.415. The summed E-state index contributed by atoms with van der Waals surface area (Å²) >= 11 is 0. The lowest BCUT2D eigenvalue weighted by atomic mass is 10.1. The third-order valence-electron chi connectivity index (χ3n) is 3.62. The van der Waals surface area contributed by atoms with Gasteiger partial charge in [0.05, 0.1) is 7.11 Å². The monoisotopic (exact) mass is 304 g/mol. The fraction of sp³-hybridized carbons (Fsp3) is 0.273. The highest BCUT2D eigenvalue weighted by Crippen LogP contribution is 2.11. The van der Waals surface area contributed by atoms with Crippen LogP contribution in [0.25, 0.3) is 0 Å². The summed E-state index contributed by atoms with van der Waals surface area (Å²) in [5.74, 6) is 7.24. The minimum absolute atomic E-state index is 0.855. The molecule has 0 atom stereocenters. The Morgan fingerprint density at radius 2 is 1.39 bits per heavy atom. The van der Waals surface area contributed by atoms with E-state index in [0.29, 0.717) is 0 Å². The number of ether oxygens (including phenoxy) is 1. The standard InChI is InChI=1S/C22H24O/c1-3-4-5-6-7-8-19-9-11-20(12-10-19)13-14-21-15-17-22(23-2)18-16-21/h5-6,9-12,15-18H,3-4,7-8H2,1-2H3. The molecule has 0 spiro atoms. The third kappa shape index (κ3) is 6.04. The number of unbranched alkanes of at least 4 members (excludes halogenated alkanes) is 1. The fourth-order valence-corrected chi connectivity index (χ4v) is 2.23. The molecule has 0 aromatic heterocycles. The van der Waals surface area contributed by atoms with Crippen molar-refractivity contribution >= 4 is 0 Å². The molecule has 23 heavy (non-hydrogen) atoms. The van der Waals surface area contributed by atoms with Crippen LogP contribution in [0.4, 0.5) is 0 Å². The molecule has 0 unspecified atom stereocenters. The quantitative estimate of drug-likeness (QED) is 0.514. The molecule has 0 amide bonds. The van der Waals surface area contributed by atoms with Gasteiger partial charge in [-0.1, -0.05) is 49.5 Å². The van der Waals surface area contributed by atoms with Crippen LogP contribution in [0.1, 0.15) is 42.9 Å². The first-order valence-electron chi connectivity index (χ1n) is 8.22. The Morgan fingerprint density at radius 1 is 0.826 bits per heavy atom. The Hall–Kier alpha value is -2.46. The minimum atomic E-state index is 0.855. The average molecular weight is 304 g/mol. The summed E-state index contributed by atoms with van der Waals surface area (Å²) in [6.07, 6.45) is 9.15. The number of aryl methyl sites for hydroxylation is 1. The van der Waals surface area contributed by atoms with Gasteiger partial charge in [0.25, 0.3) is 0 Å². The molecule has 0 heterocycles. The molecule has 2 aromatic carbocycles. The molecule has 0 aliphatic rings. The molecule has 2 rings (SSSR count). The summed E-state index contributed by atoms with van der Waals surface area (Å²) in [5, 5.41) is 0. The predicted molar refractivity (Wildman–Crippen MR) is 97.8 cm³/mol. The van der Waals surface area contributed by atoms with Crippen LogP contribution < -0.4 is 4.74 Å². The molecule has 0 aliphatic heterocycles. The largest absolute Gasteiger partial charge is 0.497 e. The Labute approximate surface area is 140 Å². The number of rotatable bonds is 6. The molecule has 0 radical (unpaired) electrons. The number of allylic oxidation sites excluding steroid dienone is 2.